The lowest BCUT2D eigenvalue weighted by Crippen LogP contribution is -2.13. The summed E-state index contributed by atoms with van der Waals surface area (Å²) in [6, 6.07) is 11.5. The molecule has 1 aromatic heterocycles. The van der Waals surface area contributed by atoms with Crippen LogP contribution in [0.4, 0.5) is 5.69 Å². The van der Waals surface area contributed by atoms with Gasteiger partial charge in [0.1, 0.15) is 5.69 Å². The Labute approximate surface area is 133 Å². The third-order valence-corrected chi connectivity index (χ3v) is 4.07. The van der Waals surface area contributed by atoms with E-state index >= 15 is 0 Å². The number of aryl methyl sites for hydroxylation is 2. The first-order valence-corrected chi connectivity index (χ1v) is 7.42. The molecule has 4 rings (SSSR count). The molecule has 0 saturated carbocycles. The van der Waals surface area contributed by atoms with E-state index in [4.69, 9.17) is 9.47 Å². The molecule has 0 atom stereocenters. The van der Waals surface area contributed by atoms with Gasteiger partial charge in [-0.1, -0.05) is 12.1 Å². The number of carbonyl (C=O) groups is 1. The zero-order valence-electron chi connectivity index (χ0n) is 12.9. The van der Waals surface area contributed by atoms with Crippen molar-refractivity contribution in [3.05, 3.63) is 53.2 Å². The normalized spacial score (nSPS) is 12.6. The number of nitrogens with one attached hydrogen (secondary N) is 2. The maximum Gasteiger partial charge on any atom is 0.272 e. The number of amides is 1. The predicted molar refractivity (Wildman–Crippen MR) is 88.3 cm³/mol. The van der Waals surface area contributed by atoms with Crippen LogP contribution in [0.25, 0.3) is 10.9 Å². The summed E-state index contributed by atoms with van der Waals surface area (Å²) in [6.07, 6.45) is 0. The van der Waals surface area contributed by atoms with Crippen molar-refractivity contribution in [2.24, 2.45) is 0 Å². The van der Waals surface area contributed by atoms with Crippen molar-refractivity contribution in [2.75, 3.05) is 12.1 Å². The van der Waals surface area contributed by atoms with Gasteiger partial charge in [-0.3, -0.25) is 4.79 Å². The number of hydrogen-bond donors (Lipinski definition) is 2. The van der Waals surface area contributed by atoms with Crippen LogP contribution in [0.15, 0.2) is 36.4 Å². The van der Waals surface area contributed by atoms with E-state index in [0.717, 1.165) is 22.0 Å². The van der Waals surface area contributed by atoms with Crippen LogP contribution in [0.3, 0.4) is 0 Å². The summed E-state index contributed by atoms with van der Waals surface area (Å²) < 4.78 is 10.6. The molecular formula is C18H16N2O3. The van der Waals surface area contributed by atoms with Crippen molar-refractivity contribution in [1.29, 1.82) is 0 Å². The molecule has 1 amide bonds. The molecule has 0 bridgehead atoms. The van der Waals surface area contributed by atoms with Gasteiger partial charge in [0.25, 0.3) is 5.91 Å². The second-order valence-electron chi connectivity index (χ2n) is 5.70. The number of hydrogen-bond acceptors (Lipinski definition) is 3. The van der Waals surface area contributed by atoms with E-state index in [-0.39, 0.29) is 12.7 Å². The van der Waals surface area contributed by atoms with Gasteiger partial charge in [0, 0.05) is 22.7 Å². The highest BCUT2D eigenvalue weighted by atomic mass is 16.7. The van der Waals surface area contributed by atoms with Gasteiger partial charge in [0.2, 0.25) is 6.79 Å². The van der Waals surface area contributed by atoms with Crippen molar-refractivity contribution >= 4 is 22.5 Å². The van der Waals surface area contributed by atoms with Crippen LogP contribution in [-0.2, 0) is 0 Å². The van der Waals surface area contributed by atoms with E-state index in [1.54, 1.807) is 18.2 Å². The molecule has 5 nitrogen and oxygen atoms in total. The molecule has 0 spiro atoms. The summed E-state index contributed by atoms with van der Waals surface area (Å²) in [6.45, 7) is 4.19. The summed E-state index contributed by atoms with van der Waals surface area (Å²) in [4.78, 5) is 15.8. The van der Waals surface area contributed by atoms with Crippen LogP contribution >= 0.6 is 0 Å². The van der Waals surface area contributed by atoms with Gasteiger partial charge in [-0.15, -0.1) is 0 Å². The largest absolute Gasteiger partial charge is 0.454 e. The zero-order valence-corrected chi connectivity index (χ0v) is 12.9. The molecule has 23 heavy (non-hydrogen) atoms. The Bertz CT molecular complexity index is 927. The highest BCUT2D eigenvalue weighted by Crippen LogP contribution is 2.34. The third kappa shape index (κ3) is 2.30. The lowest BCUT2D eigenvalue weighted by atomic mass is 10.1. The van der Waals surface area contributed by atoms with E-state index < -0.39 is 0 Å². The summed E-state index contributed by atoms with van der Waals surface area (Å²) >= 11 is 0. The molecule has 1 aliphatic heterocycles. The summed E-state index contributed by atoms with van der Waals surface area (Å²) in [5.74, 6) is 1.17. The van der Waals surface area contributed by atoms with Crippen molar-refractivity contribution in [2.45, 2.75) is 13.8 Å². The molecule has 2 heterocycles. The van der Waals surface area contributed by atoms with E-state index in [9.17, 15) is 4.79 Å². The summed E-state index contributed by atoms with van der Waals surface area (Å²) in [5.41, 5.74) is 4.31. The highest BCUT2D eigenvalue weighted by Gasteiger charge is 2.17. The van der Waals surface area contributed by atoms with Crippen LogP contribution < -0.4 is 14.8 Å². The van der Waals surface area contributed by atoms with Crippen molar-refractivity contribution in [3.63, 3.8) is 0 Å². The smallest absolute Gasteiger partial charge is 0.272 e. The lowest BCUT2D eigenvalue weighted by Gasteiger charge is -2.05. The van der Waals surface area contributed by atoms with E-state index in [2.05, 4.69) is 10.3 Å². The summed E-state index contributed by atoms with van der Waals surface area (Å²) in [7, 11) is 0. The van der Waals surface area contributed by atoms with Crippen LogP contribution in [0.1, 0.15) is 21.6 Å². The van der Waals surface area contributed by atoms with Gasteiger partial charge in [-0.25, -0.2) is 0 Å². The Balaban J connectivity index is 1.65. The topological polar surface area (TPSA) is 63.4 Å². The van der Waals surface area contributed by atoms with Crippen LogP contribution in [0.5, 0.6) is 11.5 Å². The van der Waals surface area contributed by atoms with Gasteiger partial charge in [0.15, 0.2) is 11.5 Å². The molecular weight excluding hydrogens is 292 g/mol. The molecule has 116 valence electrons. The minimum atomic E-state index is -0.171. The van der Waals surface area contributed by atoms with E-state index in [0.29, 0.717) is 22.9 Å². The number of benzene rings is 2. The maximum atomic E-state index is 12.6. The molecule has 0 saturated heterocycles. The molecule has 2 N–H and O–H groups in total. The van der Waals surface area contributed by atoms with Crippen LogP contribution in [0, 0.1) is 13.8 Å². The lowest BCUT2D eigenvalue weighted by molar-refractivity contribution is 0.102. The predicted octanol–water partition coefficient (Wildman–Crippen LogP) is 3.77. The number of carbonyl (C=O) groups excluding carboxylic acids is 1. The van der Waals surface area contributed by atoms with Crippen LogP contribution in [-0.4, -0.2) is 17.7 Å². The van der Waals surface area contributed by atoms with Gasteiger partial charge < -0.3 is 19.8 Å². The van der Waals surface area contributed by atoms with Crippen LogP contribution in [0.2, 0.25) is 0 Å². The SMILES string of the molecule is Cc1ccc2c(C)c(C(=O)Nc3ccc4c(c3)OCO4)[nH]c2c1. The average Bonchev–Trinajstić information content (AvgIpc) is 3.11. The van der Waals surface area contributed by atoms with Gasteiger partial charge >= 0.3 is 0 Å². The van der Waals surface area contributed by atoms with E-state index in [1.165, 1.54) is 0 Å². The maximum absolute atomic E-state index is 12.6. The molecule has 0 fully saturated rings. The minimum absolute atomic E-state index is 0.171. The van der Waals surface area contributed by atoms with Crippen molar-refractivity contribution in [3.8, 4) is 11.5 Å². The number of H-pyrrole nitrogens is 1. The average molecular weight is 308 g/mol. The highest BCUT2D eigenvalue weighted by molar-refractivity contribution is 6.08. The minimum Gasteiger partial charge on any atom is -0.454 e. The molecule has 0 radical (unpaired) electrons. The molecule has 5 heteroatoms. The fourth-order valence-corrected chi connectivity index (χ4v) is 2.85. The molecule has 0 aliphatic carbocycles. The Kier molecular flexibility index (Phi) is 3.01. The quantitative estimate of drug-likeness (QED) is 0.757. The fraction of sp³-hybridized carbons (Fsp3) is 0.167. The first-order valence-electron chi connectivity index (χ1n) is 7.42. The first kappa shape index (κ1) is 13.7. The molecule has 2 aromatic carbocycles. The third-order valence-electron chi connectivity index (χ3n) is 4.07. The second-order valence-corrected chi connectivity index (χ2v) is 5.70. The van der Waals surface area contributed by atoms with E-state index in [1.807, 2.05) is 32.0 Å². The van der Waals surface area contributed by atoms with Gasteiger partial charge in [0.05, 0.1) is 0 Å². The number of ether oxygens (including phenoxy) is 2. The van der Waals surface area contributed by atoms with Gasteiger partial charge in [-0.2, -0.15) is 0 Å². The second kappa shape index (κ2) is 5.05. The zero-order chi connectivity index (χ0) is 16.0. The molecule has 3 aromatic rings. The fourth-order valence-electron chi connectivity index (χ4n) is 2.85. The Morgan fingerprint density at radius 2 is 1.91 bits per heavy atom. The Morgan fingerprint density at radius 1 is 1.09 bits per heavy atom. The number of rotatable bonds is 2. The Hall–Kier alpha value is -2.95. The molecule has 0 unspecified atom stereocenters. The summed E-state index contributed by atoms with van der Waals surface area (Å²) in [5, 5.41) is 3.96. The van der Waals surface area contributed by atoms with Crippen molar-refractivity contribution < 1.29 is 14.3 Å². The number of aromatic amines is 1. The van der Waals surface area contributed by atoms with Gasteiger partial charge in [-0.05, 0) is 43.2 Å². The number of anilines is 1. The first-order chi connectivity index (χ1) is 11.1. The van der Waals surface area contributed by atoms with Crippen molar-refractivity contribution in [1.82, 2.24) is 4.98 Å². The Morgan fingerprint density at radius 3 is 2.78 bits per heavy atom. The molecule has 1 aliphatic rings. The monoisotopic (exact) mass is 308 g/mol. The standard InChI is InChI=1S/C18H16N2O3/c1-10-3-5-13-11(2)17(20-14(13)7-10)18(21)19-12-4-6-15-16(8-12)23-9-22-15/h3-8,20H,9H2,1-2H3,(H,19,21). The number of aromatic nitrogens is 1. The number of fused-ring (bicyclic) bond motifs is 2.